The van der Waals surface area contributed by atoms with Gasteiger partial charge in [-0.25, -0.2) is 0 Å². The fourth-order valence-electron chi connectivity index (χ4n) is 2.68. The van der Waals surface area contributed by atoms with Crippen LogP contribution in [0.2, 0.25) is 0 Å². The maximum Gasteiger partial charge on any atom is 0.417 e. The van der Waals surface area contributed by atoms with Crippen LogP contribution >= 0.6 is 0 Å². The maximum atomic E-state index is 13.2. The number of alkyl halides is 3. The monoisotopic (exact) mass is 417 g/mol. The van der Waals surface area contributed by atoms with Crippen molar-refractivity contribution in [2.24, 2.45) is 0 Å². The minimum atomic E-state index is -4.77. The summed E-state index contributed by atoms with van der Waals surface area (Å²) in [6, 6.07) is 12.3. The van der Waals surface area contributed by atoms with Gasteiger partial charge >= 0.3 is 6.18 Å². The van der Waals surface area contributed by atoms with E-state index < -0.39 is 35.4 Å². The molecule has 30 heavy (non-hydrogen) atoms. The fourth-order valence-corrected chi connectivity index (χ4v) is 2.68. The number of halogens is 3. The van der Waals surface area contributed by atoms with Gasteiger partial charge in [-0.2, -0.15) is 23.7 Å². The zero-order valence-corrected chi connectivity index (χ0v) is 16.2. The standard InChI is InChI=1S/C21H18F3N3O3/c1-3-27(16-7-6-15(12-26)18(10-16)21(22,23)24)19(28)20(2,29)13-30-17-8-4-14(11-25)5-9-17/h4-10,29H,3,13H2,1-2H3/t20-/m0/s1. The molecule has 0 aliphatic carbocycles. The molecule has 2 aromatic carbocycles. The molecule has 1 N–H and O–H groups in total. The molecular formula is C21H18F3N3O3. The van der Waals surface area contributed by atoms with Crippen LogP contribution in [-0.2, 0) is 11.0 Å². The number of carbonyl (C=O) groups excluding carboxylic acids is 1. The van der Waals surface area contributed by atoms with Gasteiger partial charge in [-0.15, -0.1) is 0 Å². The molecule has 0 saturated carbocycles. The van der Waals surface area contributed by atoms with Gasteiger partial charge in [-0.05, 0) is 56.3 Å². The van der Waals surface area contributed by atoms with Crippen LogP contribution in [0.1, 0.15) is 30.5 Å². The first-order valence-corrected chi connectivity index (χ1v) is 8.82. The number of amides is 1. The van der Waals surface area contributed by atoms with E-state index in [0.29, 0.717) is 17.4 Å². The third kappa shape index (κ3) is 5.07. The summed E-state index contributed by atoms with van der Waals surface area (Å²) in [5.41, 5.74) is -3.47. The summed E-state index contributed by atoms with van der Waals surface area (Å²) in [6.07, 6.45) is -4.77. The Morgan fingerprint density at radius 3 is 2.27 bits per heavy atom. The Labute approximate surface area is 171 Å². The van der Waals surface area contributed by atoms with Gasteiger partial charge in [0.2, 0.25) is 0 Å². The van der Waals surface area contributed by atoms with Crippen molar-refractivity contribution in [2.75, 3.05) is 18.1 Å². The minimum Gasteiger partial charge on any atom is -0.490 e. The van der Waals surface area contributed by atoms with E-state index in [9.17, 15) is 23.1 Å². The van der Waals surface area contributed by atoms with E-state index in [2.05, 4.69) is 0 Å². The molecule has 9 heteroatoms. The number of anilines is 1. The molecule has 0 heterocycles. The quantitative estimate of drug-likeness (QED) is 0.774. The van der Waals surface area contributed by atoms with Crippen LogP contribution in [0, 0.1) is 22.7 Å². The highest BCUT2D eigenvalue weighted by molar-refractivity contribution is 5.99. The average Bonchev–Trinajstić information content (AvgIpc) is 2.72. The van der Waals surface area contributed by atoms with E-state index in [-0.39, 0.29) is 12.2 Å². The molecule has 156 valence electrons. The first-order valence-electron chi connectivity index (χ1n) is 8.82. The molecule has 0 saturated heterocycles. The molecule has 0 radical (unpaired) electrons. The summed E-state index contributed by atoms with van der Waals surface area (Å²) in [6.45, 7) is 2.25. The van der Waals surface area contributed by atoms with E-state index in [1.807, 2.05) is 6.07 Å². The minimum absolute atomic E-state index is 0.0188. The molecule has 2 rings (SSSR count). The molecule has 2 aromatic rings. The molecule has 1 amide bonds. The van der Waals surface area contributed by atoms with Gasteiger partial charge in [-0.1, -0.05) is 0 Å². The predicted molar refractivity (Wildman–Crippen MR) is 101 cm³/mol. The molecule has 0 aromatic heterocycles. The van der Waals surface area contributed by atoms with Gasteiger partial charge in [0.1, 0.15) is 12.4 Å². The summed E-state index contributed by atoms with van der Waals surface area (Å²) < 4.78 is 45.1. The van der Waals surface area contributed by atoms with Crippen molar-refractivity contribution < 1.29 is 27.8 Å². The Balaban J connectivity index is 2.25. The normalized spacial score (nSPS) is 12.9. The van der Waals surface area contributed by atoms with Crippen molar-refractivity contribution in [3.8, 4) is 17.9 Å². The number of aliphatic hydroxyl groups is 1. The smallest absolute Gasteiger partial charge is 0.417 e. The number of hydrogen-bond donors (Lipinski definition) is 1. The Bertz CT molecular complexity index is 1000. The van der Waals surface area contributed by atoms with E-state index in [1.54, 1.807) is 6.92 Å². The highest BCUT2D eigenvalue weighted by atomic mass is 19.4. The lowest BCUT2D eigenvalue weighted by molar-refractivity contribution is -0.139. The molecule has 1 atom stereocenters. The third-order valence-corrected chi connectivity index (χ3v) is 4.27. The number of likely N-dealkylation sites (N-methyl/N-ethyl adjacent to an activating group) is 1. The zero-order valence-electron chi connectivity index (χ0n) is 16.2. The Kier molecular flexibility index (Phi) is 6.70. The molecule has 0 fully saturated rings. The van der Waals surface area contributed by atoms with E-state index in [1.165, 1.54) is 43.3 Å². The fraction of sp³-hybridized carbons (Fsp3) is 0.286. The number of ether oxygens (including phenoxy) is 1. The number of nitrogens with zero attached hydrogens (tertiary/aromatic N) is 3. The van der Waals surface area contributed by atoms with Crippen LogP contribution in [0.5, 0.6) is 5.75 Å². The number of hydrogen-bond acceptors (Lipinski definition) is 5. The summed E-state index contributed by atoms with van der Waals surface area (Å²) in [4.78, 5) is 13.8. The van der Waals surface area contributed by atoms with Crippen LogP contribution in [0.25, 0.3) is 0 Å². The Hall–Kier alpha value is -3.56. The van der Waals surface area contributed by atoms with E-state index in [4.69, 9.17) is 15.3 Å². The maximum absolute atomic E-state index is 13.2. The molecule has 0 aliphatic rings. The SMILES string of the molecule is CCN(C(=O)[C@@](C)(O)COc1ccc(C#N)cc1)c1ccc(C#N)c(C(F)(F)F)c1. The summed E-state index contributed by atoms with van der Waals surface area (Å²) in [5.74, 6) is -0.556. The average molecular weight is 417 g/mol. The lowest BCUT2D eigenvalue weighted by atomic mass is 10.0. The van der Waals surface area contributed by atoms with Crippen LogP contribution in [0.15, 0.2) is 42.5 Å². The van der Waals surface area contributed by atoms with Crippen molar-refractivity contribution in [2.45, 2.75) is 25.6 Å². The summed E-state index contributed by atoms with van der Waals surface area (Å²) in [5, 5.41) is 28.3. The number of benzene rings is 2. The second-order valence-electron chi connectivity index (χ2n) is 6.59. The second-order valence-corrected chi connectivity index (χ2v) is 6.59. The van der Waals surface area contributed by atoms with Crippen LogP contribution < -0.4 is 9.64 Å². The summed E-state index contributed by atoms with van der Waals surface area (Å²) >= 11 is 0. The largest absolute Gasteiger partial charge is 0.490 e. The van der Waals surface area contributed by atoms with Gasteiger partial charge in [-0.3, -0.25) is 4.79 Å². The van der Waals surface area contributed by atoms with Gasteiger partial charge in [0, 0.05) is 12.2 Å². The van der Waals surface area contributed by atoms with Gasteiger partial charge < -0.3 is 14.7 Å². The van der Waals surface area contributed by atoms with Crippen LogP contribution in [0.3, 0.4) is 0 Å². The zero-order chi connectivity index (χ0) is 22.5. The van der Waals surface area contributed by atoms with Crippen molar-refractivity contribution in [3.05, 3.63) is 59.2 Å². The highest BCUT2D eigenvalue weighted by Gasteiger charge is 2.38. The molecular weight excluding hydrogens is 399 g/mol. The van der Waals surface area contributed by atoms with Crippen molar-refractivity contribution >= 4 is 11.6 Å². The van der Waals surface area contributed by atoms with Gasteiger partial charge in [0.15, 0.2) is 5.60 Å². The lowest BCUT2D eigenvalue weighted by Gasteiger charge is -2.30. The molecule has 0 spiro atoms. The number of rotatable bonds is 6. The van der Waals surface area contributed by atoms with Gasteiger partial charge in [0.25, 0.3) is 5.91 Å². The van der Waals surface area contributed by atoms with Crippen molar-refractivity contribution in [1.29, 1.82) is 10.5 Å². The topological polar surface area (TPSA) is 97.3 Å². The van der Waals surface area contributed by atoms with Gasteiger partial charge in [0.05, 0.1) is 28.8 Å². The number of nitriles is 2. The lowest BCUT2D eigenvalue weighted by Crippen LogP contribution is -2.51. The second kappa shape index (κ2) is 8.85. The molecule has 0 unspecified atom stereocenters. The predicted octanol–water partition coefficient (Wildman–Crippen LogP) is 3.63. The Morgan fingerprint density at radius 2 is 1.77 bits per heavy atom. The third-order valence-electron chi connectivity index (χ3n) is 4.27. The van der Waals surface area contributed by atoms with Crippen LogP contribution in [0.4, 0.5) is 18.9 Å². The highest BCUT2D eigenvalue weighted by Crippen LogP contribution is 2.35. The van der Waals surface area contributed by atoms with E-state index in [0.717, 1.165) is 11.0 Å². The van der Waals surface area contributed by atoms with E-state index >= 15 is 0 Å². The van der Waals surface area contributed by atoms with Crippen molar-refractivity contribution in [3.63, 3.8) is 0 Å². The Morgan fingerprint density at radius 1 is 1.13 bits per heavy atom. The van der Waals surface area contributed by atoms with Crippen LogP contribution in [-0.4, -0.2) is 29.8 Å². The summed E-state index contributed by atoms with van der Waals surface area (Å²) in [7, 11) is 0. The first-order chi connectivity index (χ1) is 14.0. The van der Waals surface area contributed by atoms with Crippen molar-refractivity contribution in [1.82, 2.24) is 0 Å². The molecule has 0 bridgehead atoms. The molecule has 6 nitrogen and oxygen atoms in total. The number of carbonyl (C=O) groups is 1. The first kappa shape index (κ1) is 22.7. The molecule has 0 aliphatic heterocycles.